The average molecular weight is 477 g/mol. The lowest BCUT2D eigenvalue weighted by molar-refractivity contribution is -0.0189. The fourth-order valence-corrected chi connectivity index (χ4v) is 7.13. The first-order chi connectivity index (χ1) is 17.0. The van der Waals surface area contributed by atoms with Gasteiger partial charge in [0.15, 0.2) is 6.79 Å². The topological polar surface area (TPSA) is 65.0 Å². The summed E-state index contributed by atoms with van der Waals surface area (Å²) in [5.41, 5.74) is 5.07. The Hall–Kier alpha value is -2.63. The summed E-state index contributed by atoms with van der Waals surface area (Å²) in [6, 6.07) is 13.7. The van der Waals surface area contributed by atoms with Crippen LogP contribution in [-0.2, 0) is 14.9 Å². The highest BCUT2D eigenvalue weighted by Crippen LogP contribution is 2.62. The highest BCUT2D eigenvalue weighted by atomic mass is 16.7. The standard InChI is InChI=1S/C30H36O5/c1-20(11-21-3-5-25(6-4-21)29(31)32)26-7-8-27(28(15-26)35-19-34-10-9-33-2)30-16-22-12-23(17-30)14-24(13-22)18-30/h3-8,11,15,22-24H,9-10,12-14,16-19H2,1-2H3,(H,31,32)/b20-11+. The number of carboxylic acids is 1. The zero-order chi connectivity index (χ0) is 24.4. The lowest BCUT2D eigenvalue weighted by Crippen LogP contribution is -2.48. The van der Waals surface area contributed by atoms with Gasteiger partial charge in [-0.3, -0.25) is 0 Å². The first kappa shape index (κ1) is 24.1. The van der Waals surface area contributed by atoms with Crippen molar-refractivity contribution in [1.82, 2.24) is 0 Å². The Morgan fingerprint density at radius 1 is 0.971 bits per heavy atom. The minimum atomic E-state index is -0.910. The van der Waals surface area contributed by atoms with Crippen LogP contribution in [0.4, 0.5) is 0 Å². The van der Waals surface area contributed by atoms with Crippen LogP contribution in [0.3, 0.4) is 0 Å². The van der Waals surface area contributed by atoms with E-state index in [1.54, 1.807) is 19.2 Å². The molecule has 0 aliphatic heterocycles. The van der Waals surface area contributed by atoms with Gasteiger partial charge in [0, 0.05) is 12.7 Å². The van der Waals surface area contributed by atoms with Crippen LogP contribution in [-0.4, -0.2) is 38.2 Å². The van der Waals surface area contributed by atoms with Gasteiger partial charge in [0.2, 0.25) is 0 Å². The first-order valence-electron chi connectivity index (χ1n) is 12.8. The van der Waals surface area contributed by atoms with Gasteiger partial charge in [-0.2, -0.15) is 0 Å². The third-order valence-electron chi connectivity index (χ3n) is 8.32. The quantitative estimate of drug-likeness (QED) is 0.244. The molecule has 0 unspecified atom stereocenters. The van der Waals surface area contributed by atoms with Gasteiger partial charge in [-0.25, -0.2) is 4.79 Å². The van der Waals surface area contributed by atoms with E-state index in [-0.39, 0.29) is 12.2 Å². The van der Waals surface area contributed by atoms with E-state index in [0.717, 1.165) is 40.2 Å². The van der Waals surface area contributed by atoms with E-state index in [4.69, 9.17) is 19.3 Å². The van der Waals surface area contributed by atoms with Crippen molar-refractivity contribution in [1.29, 1.82) is 0 Å². The second-order valence-corrected chi connectivity index (χ2v) is 10.8. The second-order valence-electron chi connectivity index (χ2n) is 10.8. The molecule has 186 valence electrons. The van der Waals surface area contributed by atoms with Gasteiger partial charge in [0.05, 0.1) is 18.8 Å². The number of allylic oxidation sites excluding steroid dienone is 1. The Balaban J connectivity index is 1.42. The summed E-state index contributed by atoms with van der Waals surface area (Å²) in [6.07, 6.45) is 10.2. The van der Waals surface area contributed by atoms with E-state index >= 15 is 0 Å². The summed E-state index contributed by atoms with van der Waals surface area (Å²) in [5, 5.41) is 9.15. The van der Waals surface area contributed by atoms with Crippen LogP contribution in [0.2, 0.25) is 0 Å². The van der Waals surface area contributed by atoms with Gasteiger partial charge in [0.1, 0.15) is 5.75 Å². The Kier molecular flexibility index (Phi) is 6.99. The molecule has 0 amide bonds. The molecule has 4 bridgehead atoms. The maximum Gasteiger partial charge on any atom is 0.335 e. The van der Waals surface area contributed by atoms with Crippen LogP contribution in [0.15, 0.2) is 42.5 Å². The zero-order valence-corrected chi connectivity index (χ0v) is 20.8. The van der Waals surface area contributed by atoms with Crippen molar-refractivity contribution < 1.29 is 24.1 Å². The van der Waals surface area contributed by atoms with Crippen molar-refractivity contribution >= 4 is 17.6 Å². The second kappa shape index (κ2) is 10.2. The average Bonchev–Trinajstić information content (AvgIpc) is 2.83. The summed E-state index contributed by atoms with van der Waals surface area (Å²) in [6.45, 7) is 3.36. The highest BCUT2D eigenvalue weighted by Gasteiger charge is 2.52. The zero-order valence-electron chi connectivity index (χ0n) is 20.8. The number of aromatic carboxylic acids is 1. The van der Waals surface area contributed by atoms with Gasteiger partial charge < -0.3 is 19.3 Å². The predicted octanol–water partition coefficient (Wildman–Crippen LogP) is 6.41. The lowest BCUT2D eigenvalue weighted by Gasteiger charge is -2.57. The minimum absolute atomic E-state index is 0.214. The molecule has 0 saturated heterocycles. The molecule has 4 aliphatic carbocycles. The summed E-state index contributed by atoms with van der Waals surface area (Å²) in [5.74, 6) is 2.62. The third-order valence-corrected chi connectivity index (χ3v) is 8.32. The summed E-state index contributed by atoms with van der Waals surface area (Å²) in [4.78, 5) is 11.2. The van der Waals surface area contributed by atoms with Crippen molar-refractivity contribution in [3.8, 4) is 5.75 Å². The van der Waals surface area contributed by atoms with Crippen molar-refractivity contribution in [2.75, 3.05) is 27.1 Å². The Labute approximate surface area is 208 Å². The Morgan fingerprint density at radius 2 is 1.60 bits per heavy atom. The molecule has 2 aromatic rings. The largest absolute Gasteiger partial charge is 0.478 e. The van der Waals surface area contributed by atoms with E-state index in [2.05, 4.69) is 31.2 Å². The molecule has 0 radical (unpaired) electrons. The van der Waals surface area contributed by atoms with E-state index in [9.17, 15) is 4.79 Å². The number of benzene rings is 2. The van der Waals surface area contributed by atoms with Crippen LogP contribution in [0, 0.1) is 17.8 Å². The maximum atomic E-state index is 11.2. The predicted molar refractivity (Wildman–Crippen MR) is 137 cm³/mol. The fraction of sp³-hybridized carbons (Fsp3) is 0.500. The van der Waals surface area contributed by atoms with Crippen molar-refractivity contribution in [3.63, 3.8) is 0 Å². The van der Waals surface area contributed by atoms with Gasteiger partial charge in [0.25, 0.3) is 0 Å². The minimum Gasteiger partial charge on any atom is -0.478 e. The number of hydrogen-bond donors (Lipinski definition) is 1. The number of hydrogen-bond acceptors (Lipinski definition) is 4. The molecule has 6 rings (SSSR count). The Morgan fingerprint density at radius 3 is 2.20 bits per heavy atom. The molecule has 0 atom stereocenters. The van der Waals surface area contributed by atoms with Gasteiger partial charge >= 0.3 is 5.97 Å². The summed E-state index contributed by atoms with van der Waals surface area (Å²) < 4.78 is 17.0. The van der Waals surface area contributed by atoms with Crippen molar-refractivity contribution in [3.05, 3.63) is 64.7 Å². The molecule has 2 aromatic carbocycles. The molecule has 0 aromatic heterocycles. The molecule has 4 saturated carbocycles. The molecule has 5 nitrogen and oxygen atoms in total. The maximum absolute atomic E-state index is 11.2. The molecule has 0 spiro atoms. The lowest BCUT2D eigenvalue weighted by atomic mass is 9.48. The normalized spacial score (nSPS) is 27.3. The summed E-state index contributed by atoms with van der Waals surface area (Å²) in [7, 11) is 1.67. The molecule has 35 heavy (non-hydrogen) atoms. The smallest absolute Gasteiger partial charge is 0.335 e. The van der Waals surface area contributed by atoms with Gasteiger partial charge in [-0.15, -0.1) is 0 Å². The van der Waals surface area contributed by atoms with E-state index < -0.39 is 5.97 Å². The number of rotatable bonds is 10. The van der Waals surface area contributed by atoms with Crippen LogP contribution < -0.4 is 4.74 Å². The molecule has 5 heteroatoms. The van der Waals surface area contributed by atoms with Gasteiger partial charge in [-0.1, -0.05) is 30.3 Å². The fourth-order valence-electron chi connectivity index (χ4n) is 7.13. The van der Waals surface area contributed by atoms with Gasteiger partial charge in [-0.05, 0) is 104 Å². The Bertz CT molecular complexity index is 1050. The molecule has 0 heterocycles. The number of ether oxygens (including phenoxy) is 3. The molecular weight excluding hydrogens is 440 g/mol. The van der Waals surface area contributed by atoms with E-state index in [1.807, 2.05) is 12.1 Å². The molecule has 1 N–H and O–H groups in total. The number of carboxylic acid groups (broad SMARTS) is 1. The monoisotopic (exact) mass is 476 g/mol. The van der Waals surface area contributed by atoms with Crippen LogP contribution in [0.25, 0.3) is 11.6 Å². The van der Waals surface area contributed by atoms with Crippen molar-refractivity contribution in [2.24, 2.45) is 17.8 Å². The van der Waals surface area contributed by atoms with E-state index in [0.29, 0.717) is 18.8 Å². The van der Waals surface area contributed by atoms with E-state index in [1.165, 1.54) is 44.1 Å². The molecule has 4 aliphatic rings. The highest BCUT2D eigenvalue weighted by molar-refractivity contribution is 5.88. The van der Waals surface area contributed by atoms with Crippen LogP contribution >= 0.6 is 0 Å². The third kappa shape index (κ3) is 5.17. The number of methoxy groups -OCH3 is 1. The van der Waals surface area contributed by atoms with Crippen LogP contribution in [0.5, 0.6) is 5.75 Å². The molecule has 4 fully saturated rings. The SMILES string of the molecule is COCCOCOc1cc(/C(C)=C/c2ccc(C(=O)O)cc2)ccc1C12CC3CC(CC(C3)C1)C2. The number of carbonyl (C=O) groups is 1. The summed E-state index contributed by atoms with van der Waals surface area (Å²) >= 11 is 0. The molecular formula is C30H36O5. The van der Waals surface area contributed by atoms with Crippen LogP contribution in [0.1, 0.15) is 72.5 Å². The first-order valence-corrected chi connectivity index (χ1v) is 12.8. The van der Waals surface area contributed by atoms with Crippen molar-refractivity contribution in [2.45, 2.75) is 50.9 Å².